The standard InChI is InChI=1S/C23H30N2O4/c1-4-6-13-19(21-17-20(25-29-21)18-11-9-8-10-12-18)24-22(27)23(28-3,15-16-26)14-7-5-2/h8-12,15,17,19H,4-7,13-14H2,1-3H3,(H,24,27)/t19?,23-/m1/s1. The molecule has 0 aliphatic carbocycles. The summed E-state index contributed by atoms with van der Waals surface area (Å²) in [5.41, 5.74) is 0.332. The van der Waals surface area contributed by atoms with E-state index in [-0.39, 0.29) is 11.9 Å². The summed E-state index contributed by atoms with van der Waals surface area (Å²) in [4.78, 5) is 24.2. The molecular weight excluding hydrogens is 368 g/mol. The summed E-state index contributed by atoms with van der Waals surface area (Å²) < 4.78 is 11.1. The predicted octanol–water partition coefficient (Wildman–Crippen LogP) is 4.65. The van der Waals surface area contributed by atoms with Crippen LogP contribution in [-0.2, 0) is 14.3 Å². The van der Waals surface area contributed by atoms with E-state index in [4.69, 9.17) is 9.26 Å². The van der Waals surface area contributed by atoms with E-state index in [1.807, 2.05) is 43.3 Å². The summed E-state index contributed by atoms with van der Waals surface area (Å²) in [6.45, 7) is 4.11. The lowest BCUT2D eigenvalue weighted by Gasteiger charge is -2.29. The summed E-state index contributed by atoms with van der Waals surface area (Å²) in [5, 5.41) is 7.17. The SMILES string of the molecule is CCCCC(NC(=O)[C@](C=C=O)(CCCC)OC)c1cc(-c2ccccc2)no1. The number of rotatable bonds is 12. The number of carbonyl (C=O) groups excluding carboxylic acids is 2. The number of benzene rings is 1. The summed E-state index contributed by atoms with van der Waals surface area (Å²) in [5.74, 6) is 1.95. The molecule has 0 spiro atoms. The molecule has 6 nitrogen and oxygen atoms in total. The summed E-state index contributed by atoms with van der Waals surface area (Å²) >= 11 is 0. The fraction of sp³-hybridized carbons (Fsp3) is 0.478. The molecule has 2 aromatic rings. The predicted molar refractivity (Wildman–Crippen MR) is 112 cm³/mol. The topological polar surface area (TPSA) is 81.4 Å². The van der Waals surface area contributed by atoms with E-state index < -0.39 is 5.60 Å². The van der Waals surface area contributed by atoms with Crippen molar-refractivity contribution in [3.8, 4) is 11.3 Å². The molecule has 29 heavy (non-hydrogen) atoms. The van der Waals surface area contributed by atoms with Crippen LogP contribution in [-0.4, -0.2) is 29.7 Å². The van der Waals surface area contributed by atoms with Gasteiger partial charge in [-0.3, -0.25) is 4.79 Å². The number of nitrogens with zero attached hydrogens (tertiary/aromatic N) is 1. The maximum absolute atomic E-state index is 13.1. The molecule has 6 heteroatoms. The first-order valence-corrected chi connectivity index (χ1v) is 10.2. The van der Waals surface area contributed by atoms with Crippen LogP contribution < -0.4 is 5.32 Å². The van der Waals surface area contributed by atoms with E-state index in [2.05, 4.69) is 17.4 Å². The summed E-state index contributed by atoms with van der Waals surface area (Å²) in [6, 6.07) is 11.2. The lowest BCUT2D eigenvalue weighted by atomic mass is 9.94. The summed E-state index contributed by atoms with van der Waals surface area (Å²) in [6.07, 6.45) is 5.80. The number of aromatic nitrogens is 1. The van der Waals surface area contributed by atoms with Crippen molar-refractivity contribution < 1.29 is 18.8 Å². The van der Waals surface area contributed by atoms with Crippen molar-refractivity contribution >= 4 is 11.8 Å². The van der Waals surface area contributed by atoms with Crippen molar-refractivity contribution in [2.24, 2.45) is 0 Å². The van der Waals surface area contributed by atoms with E-state index in [1.165, 1.54) is 13.2 Å². The molecule has 0 bridgehead atoms. The average molecular weight is 399 g/mol. The van der Waals surface area contributed by atoms with Crippen LogP contribution in [0.5, 0.6) is 0 Å². The minimum Gasteiger partial charge on any atom is -0.363 e. The number of ether oxygens (including phenoxy) is 1. The Morgan fingerprint density at radius 3 is 2.62 bits per heavy atom. The van der Waals surface area contributed by atoms with E-state index in [9.17, 15) is 9.59 Å². The Morgan fingerprint density at radius 1 is 1.28 bits per heavy atom. The lowest BCUT2D eigenvalue weighted by Crippen LogP contribution is -2.48. The minimum absolute atomic E-state index is 0.358. The van der Waals surface area contributed by atoms with E-state index in [0.29, 0.717) is 24.3 Å². The highest BCUT2D eigenvalue weighted by Crippen LogP contribution is 2.28. The number of methoxy groups -OCH3 is 1. The van der Waals surface area contributed by atoms with Crippen molar-refractivity contribution in [2.45, 2.75) is 64.0 Å². The van der Waals surface area contributed by atoms with Gasteiger partial charge in [-0.1, -0.05) is 68.6 Å². The third-order valence-electron chi connectivity index (χ3n) is 5.04. The number of nitrogens with one attached hydrogen (secondary N) is 1. The highest BCUT2D eigenvalue weighted by atomic mass is 16.5. The second kappa shape index (κ2) is 11.3. The highest BCUT2D eigenvalue weighted by Gasteiger charge is 2.38. The van der Waals surface area contributed by atoms with Gasteiger partial charge in [0.05, 0.1) is 6.04 Å². The molecule has 2 rings (SSSR count). The average Bonchev–Trinajstić information content (AvgIpc) is 3.25. The Morgan fingerprint density at radius 2 is 2.00 bits per heavy atom. The molecule has 1 heterocycles. The Labute approximate surface area is 172 Å². The first-order chi connectivity index (χ1) is 14.1. The quantitative estimate of drug-likeness (QED) is 0.526. The molecule has 1 amide bonds. The van der Waals surface area contributed by atoms with Crippen LogP contribution in [0.4, 0.5) is 0 Å². The molecule has 2 atom stereocenters. The van der Waals surface area contributed by atoms with Gasteiger partial charge in [-0.15, -0.1) is 0 Å². The molecule has 0 saturated carbocycles. The van der Waals surface area contributed by atoms with Crippen LogP contribution >= 0.6 is 0 Å². The number of amides is 1. The number of hydrogen-bond acceptors (Lipinski definition) is 5. The first-order valence-electron chi connectivity index (χ1n) is 10.2. The fourth-order valence-electron chi connectivity index (χ4n) is 3.21. The molecule has 1 aromatic carbocycles. The van der Waals surface area contributed by atoms with Gasteiger partial charge in [0.1, 0.15) is 11.6 Å². The molecule has 0 saturated heterocycles. The first kappa shape index (κ1) is 22.6. The Hall–Kier alpha value is -2.69. The molecule has 0 fully saturated rings. The Kier molecular flexibility index (Phi) is 8.84. The molecule has 156 valence electrons. The van der Waals surface area contributed by atoms with Crippen LogP contribution in [0.15, 0.2) is 47.0 Å². The number of hydrogen-bond donors (Lipinski definition) is 1. The molecule has 1 N–H and O–H groups in total. The van der Waals surface area contributed by atoms with Gasteiger partial charge in [-0.2, -0.15) is 0 Å². The van der Waals surface area contributed by atoms with Gasteiger partial charge in [0.2, 0.25) is 0 Å². The van der Waals surface area contributed by atoms with Crippen LogP contribution in [0.2, 0.25) is 0 Å². The van der Waals surface area contributed by atoms with Gasteiger partial charge >= 0.3 is 0 Å². The normalized spacial score (nSPS) is 13.9. The number of unbranched alkanes of at least 4 members (excludes halogenated alkanes) is 2. The number of carbonyl (C=O) groups is 1. The fourth-order valence-corrected chi connectivity index (χ4v) is 3.21. The van der Waals surface area contributed by atoms with Gasteiger partial charge < -0.3 is 14.6 Å². The second-order valence-corrected chi connectivity index (χ2v) is 7.11. The van der Waals surface area contributed by atoms with Gasteiger partial charge in [-0.25, -0.2) is 4.79 Å². The van der Waals surface area contributed by atoms with Gasteiger partial charge in [0.25, 0.3) is 5.91 Å². The van der Waals surface area contributed by atoms with E-state index >= 15 is 0 Å². The Bertz CT molecular complexity index is 811. The monoisotopic (exact) mass is 398 g/mol. The van der Waals surface area contributed by atoms with E-state index in [1.54, 1.807) is 5.94 Å². The minimum atomic E-state index is -1.33. The van der Waals surface area contributed by atoms with E-state index in [0.717, 1.165) is 31.2 Å². The van der Waals surface area contributed by atoms with Crippen LogP contribution in [0.25, 0.3) is 11.3 Å². The van der Waals surface area contributed by atoms with Crippen molar-refractivity contribution in [1.82, 2.24) is 10.5 Å². The zero-order valence-corrected chi connectivity index (χ0v) is 17.4. The second-order valence-electron chi connectivity index (χ2n) is 7.11. The summed E-state index contributed by atoms with van der Waals surface area (Å²) in [7, 11) is 1.44. The van der Waals surface area contributed by atoms with Gasteiger partial charge in [0.15, 0.2) is 11.4 Å². The lowest BCUT2D eigenvalue weighted by molar-refractivity contribution is -0.139. The maximum Gasteiger partial charge on any atom is 0.257 e. The molecule has 0 radical (unpaired) electrons. The van der Waals surface area contributed by atoms with Crippen molar-refractivity contribution in [1.29, 1.82) is 0 Å². The van der Waals surface area contributed by atoms with Crippen molar-refractivity contribution in [3.63, 3.8) is 0 Å². The van der Waals surface area contributed by atoms with Crippen LogP contribution in [0.3, 0.4) is 0 Å². The van der Waals surface area contributed by atoms with Crippen LogP contribution in [0.1, 0.15) is 64.2 Å². The zero-order chi connectivity index (χ0) is 21.1. The highest BCUT2D eigenvalue weighted by molar-refractivity contribution is 5.89. The third-order valence-corrected chi connectivity index (χ3v) is 5.04. The van der Waals surface area contributed by atoms with Crippen molar-refractivity contribution in [2.75, 3.05) is 7.11 Å². The smallest absolute Gasteiger partial charge is 0.257 e. The van der Waals surface area contributed by atoms with Crippen molar-refractivity contribution in [3.05, 3.63) is 48.2 Å². The van der Waals surface area contributed by atoms with Gasteiger partial charge in [-0.05, 0) is 19.3 Å². The molecule has 1 aromatic heterocycles. The maximum atomic E-state index is 13.1. The molecular formula is C23H30N2O4. The Balaban J connectivity index is 2.26. The third kappa shape index (κ3) is 5.89. The largest absolute Gasteiger partial charge is 0.363 e. The van der Waals surface area contributed by atoms with Gasteiger partial charge in [0, 0.05) is 24.8 Å². The molecule has 0 aliphatic rings. The molecule has 0 aliphatic heterocycles. The molecule has 1 unspecified atom stereocenters. The van der Waals surface area contributed by atoms with Crippen LogP contribution in [0, 0.1) is 0 Å². The zero-order valence-electron chi connectivity index (χ0n) is 17.4.